The van der Waals surface area contributed by atoms with E-state index >= 15 is 0 Å². The van der Waals surface area contributed by atoms with Crippen molar-refractivity contribution < 1.29 is 9.53 Å². The molecule has 2 aromatic rings. The zero-order valence-electron chi connectivity index (χ0n) is 10.3. The predicted octanol–water partition coefficient (Wildman–Crippen LogP) is 1.95. The number of hydrogen-bond acceptors (Lipinski definition) is 4. The van der Waals surface area contributed by atoms with Crippen molar-refractivity contribution in [2.75, 3.05) is 25.1 Å². The van der Waals surface area contributed by atoms with E-state index in [0.29, 0.717) is 5.69 Å². The molecule has 1 saturated heterocycles. The number of para-hydroxylation sites is 1. The summed E-state index contributed by atoms with van der Waals surface area (Å²) in [7, 11) is 1.37. The van der Waals surface area contributed by atoms with Crippen LogP contribution in [0.4, 0.5) is 5.69 Å². The van der Waals surface area contributed by atoms with Gasteiger partial charge in [0.2, 0.25) is 0 Å². The van der Waals surface area contributed by atoms with Gasteiger partial charge in [-0.2, -0.15) is 5.10 Å². The summed E-state index contributed by atoms with van der Waals surface area (Å²) in [5.41, 5.74) is 2.37. The second-order valence-corrected chi connectivity index (χ2v) is 4.46. The summed E-state index contributed by atoms with van der Waals surface area (Å²) in [4.78, 5) is 13.9. The molecular formula is C13H15N3O2. The Morgan fingerprint density at radius 3 is 2.89 bits per heavy atom. The summed E-state index contributed by atoms with van der Waals surface area (Å²) >= 11 is 0. The van der Waals surface area contributed by atoms with Crippen LogP contribution in [0.3, 0.4) is 0 Å². The molecule has 5 heteroatoms. The third-order valence-electron chi connectivity index (χ3n) is 3.40. The number of benzene rings is 1. The Morgan fingerprint density at radius 2 is 2.17 bits per heavy atom. The minimum absolute atomic E-state index is 0.379. The van der Waals surface area contributed by atoms with Crippen molar-refractivity contribution >= 4 is 22.6 Å². The van der Waals surface area contributed by atoms with E-state index in [9.17, 15) is 4.79 Å². The molecule has 3 rings (SSSR count). The van der Waals surface area contributed by atoms with Crippen LogP contribution in [0, 0.1) is 0 Å². The molecule has 1 N–H and O–H groups in total. The molecule has 2 heterocycles. The minimum atomic E-state index is -0.379. The number of nitrogens with zero attached hydrogens (tertiary/aromatic N) is 2. The van der Waals surface area contributed by atoms with Gasteiger partial charge in [0, 0.05) is 18.5 Å². The first-order valence-corrected chi connectivity index (χ1v) is 6.11. The first-order chi connectivity index (χ1) is 8.81. The van der Waals surface area contributed by atoms with Crippen molar-refractivity contribution in [1.82, 2.24) is 10.2 Å². The van der Waals surface area contributed by atoms with Crippen molar-refractivity contribution in [3.05, 3.63) is 23.9 Å². The van der Waals surface area contributed by atoms with E-state index in [1.807, 2.05) is 12.1 Å². The van der Waals surface area contributed by atoms with E-state index in [2.05, 4.69) is 21.2 Å². The van der Waals surface area contributed by atoms with Gasteiger partial charge in [-0.3, -0.25) is 5.10 Å². The highest BCUT2D eigenvalue weighted by atomic mass is 16.5. The molecule has 1 fully saturated rings. The first kappa shape index (κ1) is 11.1. The number of anilines is 1. The first-order valence-electron chi connectivity index (χ1n) is 6.11. The zero-order valence-corrected chi connectivity index (χ0v) is 10.3. The van der Waals surface area contributed by atoms with Gasteiger partial charge in [0.15, 0.2) is 5.69 Å². The van der Waals surface area contributed by atoms with E-state index in [0.717, 1.165) is 29.7 Å². The lowest BCUT2D eigenvalue weighted by Gasteiger charge is -2.17. The highest BCUT2D eigenvalue weighted by Gasteiger charge is 2.20. The number of carbonyl (C=O) groups excluding carboxylic acids is 1. The quantitative estimate of drug-likeness (QED) is 0.821. The molecule has 1 aromatic carbocycles. The van der Waals surface area contributed by atoms with E-state index in [4.69, 9.17) is 4.74 Å². The summed E-state index contributed by atoms with van der Waals surface area (Å²) in [6.07, 6.45) is 2.43. The van der Waals surface area contributed by atoms with Crippen molar-refractivity contribution in [2.45, 2.75) is 12.8 Å². The van der Waals surface area contributed by atoms with Gasteiger partial charge in [-0.1, -0.05) is 12.1 Å². The van der Waals surface area contributed by atoms with Gasteiger partial charge in [-0.15, -0.1) is 0 Å². The minimum Gasteiger partial charge on any atom is -0.464 e. The maximum atomic E-state index is 11.6. The SMILES string of the molecule is COC(=O)c1[nH]nc2c(N3CCCC3)cccc12. The molecule has 1 aliphatic rings. The highest BCUT2D eigenvalue weighted by Crippen LogP contribution is 2.29. The molecule has 0 atom stereocenters. The molecule has 0 unspecified atom stereocenters. The smallest absolute Gasteiger partial charge is 0.356 e. The van der Waals surface area contributed by atoms with Gasteiger partial charge in [0.25, 0.3) is 0 Å². The number of rotatable bonds is 2. The van der Waals surface area contributed by atoms with Gasteiger partial charge in [-0.25, -0.2) is 4.79 Å². The highest BCUT2D eigenvalue weighted by molar-refractivity contribution is 6.05. The molecule has 5 nitrogen and oxygen atoms in total. The monoisotopic (exact) mass is 245 g/mol. The number of carbonyl (C=O) groups is 1. The lowest BCUT2D eigenvalue weighted by atomic mass is 10.1. The maximum absolute atomic E-state index is 11.6. The van der Waals surface area contributed by atoms with E-state index in [1.54, 1.807) is 0 Å². The number of esters is 1. The second kappa shape index (κ2) is 4.33. The number of aromatic amines is 1. The van der Waals surface area contributed by atoms with Gasteiger partial charge >= 0.3 is 5.97 Å². The standard InChI is InChI=1S/C13H15N3O2/c1-18-13(17)12-9-5-4-6-10(11(9)14-15-12)16-7-2-3-8-16/h4-6H,2-3,7-8H2,1H3,(H,14,15). The fourth-order valence-corrected chi connectivity index (χ4v) is 2.49. The third-order valence-corrected chi connectivity index (χ3v) is 3.40. The fourth-order valence-electron chi connectivity index (χ4n) is 2.49. The van der Waals surface area contributed by atoms with E-state index < -0.39 is 0 Å². The van der Waals surface area contributed by atoms with Gasteiger partial charge in [0.1, 0.15) is 5.52 Å². The van der Waals surface area contributed by atoms with Crippen LogP contribution >= 0.6 is 0 Å². The molecule has 18 heavy (non-hydrogen) atoms. The van der Waals surface area contributed by atoms with E-state index in [-0.39, 0.29) is 5.97 Å². The van der Waals surface area contributed by atoms with Crippen LogP contribution in [-0.4, -0.2) is 36.4 Å². The zero-order chi connectivity index (χ0) is 12.5. The van der Waals surface area contributed by atoms with Crippen molar-refractivity contribution in [3.8, 4) is 0 Å². The molecule has 94 valence electrons. The molecule has 0 saturated carbocycles. The van der Waals surface area contributed by atoms with Crippen LogP contribution in [0.2, 0.25) is 0 Å². The molecule has 0 radical (unpaired) electrons. The van der Waals surface area contributed by atoms with Crippen molar-refractivity contribution in [2.24, 2.45) is 0 Å². The summed E-state index contributed by atoms with van der Waals surface area (Å²) in [5.74, 6) is -0.379. The topological polar surface area (TPSA) is 58.2 Å². The molecule has 0 aliphatic carbocycles. The Labute approximate surface area is 105 Å². The Balaban J connectivity index is 2.11. The van der Waals surface area contributed by atoms with Crippen LogP contribution in [0.5, 0.6) is 0 Å². The van der Waals surface area contributed by atoms with Crippen LogP contribution in [-0.2, 0) is 4.74 Å². The molecule has 0 amide bonds. The summed E-state index contributed by atoms with van der Waals surface area (Å²) in [5, 5.41) is 7.87. The summed E-state index contributed by atoms with van der Waals surface area (Å²) in [6, 6.07) is 5.90. The Kier molecular flexibility index (Phi) is 2.66. The summed E-state index contributed by atoms with van der Waals surface area (Å²) < 4.78 is 4.74. The summed E-state index contributed by atoms with van der Waals surface area (Å²) in [6.45, 7) is 2.11. The Bertz CT molecular complexity index is 585. The normalized spacial score (nSPS) is 15.3. The van der Waals surface area contributed by atoms with Gasteiger partial charge in [-0.05, 0) is 18.9 Å². The van der Waals surface area contributed by atoms with Crippen LogP contribution < -0.4 is 4.90 Å². The van der Waals surface area contributed by atoms with E-state index in [1.165, 1.54) is 20.0 Å². The third kappa shape index (κ3) is 1.63. The largest absolute Gasteiger partial charge is 0.464 e. The van der Waals surface area contributed by atoms with Gasteiger partial charge < -0.3 is 9.64 Å². The lowest BCUT2D eigenvalue weighted by Crippen LogP contribution is -2.17. The average Bonchev–Trinajstić information content (AvgIpc) is 3.06. The van der Waals surface area contributed by atoms with Crippen LogP contribution in [0.15, 0.2) is 18.2 Å². The molecule has 1 aromatic heterocycles. The lowest BCUT2D eigenvalue weighted by molar-refractivity contribution is 0.0596. The Hall–Kier alpha value is -2.04. The van der Waals surface area contributed by atoms with Crippen molar-refractivity contribution in [1.29, 1.82) is 0 Å². The number of methoxy groups -OCH3 is 1. The van der Waals surface area contributed by atoms with Crippen LogP contribution in [0.1, 0.15) is 23.3 Å². The fraction of sp³-hybridized carbons (Fsp3) is 0.385. The molecular weight excluding hydrogens is 230 g/mol. The number of fused-ring (bicyclic) bond motifs is 1. The average molecular weight is 245 g/mol. The molecule has 0 spiro atoms. The molecule has 0 bridgehead atoms. The number of aromatic nitrogens is 2. The van der Waals surface area contributed by atoms with Crippen LogP contribution in [0.25, 0.3) is 10.9 Å². The Morgan fingerprint density at radius 1 is 1.39 bits per heavy atom. The van der Waals surface area contributed by atoms with Gasteiger partial charge in [0.05, 0.1) is 12.8 Å². The maximum Gasteiger partial charge on any atom is 0.356 e. The number of H-pyrrole nitrogens is 1. The second-order valence-electron chi connectivity index (χ2n) is 4.46. The molecule has 1 aliphatic heterocycles. The number of nitrogens with one attached hydrogen (secondary N) is 1. The number of ether oxygens (including phenoxy) is 1. The predicted molar refractivity (Wildman–Crippen MR) is 68.9 cm³/mol. The van der Waals surface area contributed by atoms with Crippen molar-refractivity contribution in [3.63, 3.8) is 0 Å². The number of hydrogen-bond donors (Lipinski definition) is 1.